The van der Waals surface area contributed by atoms with Gasteiger partial charge in [-0.05, 0) is 18.1 Å². The predicted molar refractivity (Wildman–Crippen MR) is 71.2 cm³/mol. The van der Waals surface area contributed by atoms with Crippen LogP contribution in [-0.4, -0.2) is 37.7 Å². The molecule has 2 N–H and O–H groups in total. The third-order valence-electron chi connectivity index (χ3n) is 2.39. The zero-order valence-corrected chi connectivity index (χ0v) is 12.3. The second kappa shape index (κ2) is 5.70. The van der Waals surface area contributed by atoms with Crippen molar-refractivity contribution in [3.63, 3.8) is 0 Å². The number of sulfone groups is 1. The van der Waals surface area contributed by atoms with E-state index < -0.39 is 27.8 Å². The molecule has 0 saturated carbocycles. The van der Waals surface area contributed by atoms with E-state index in [-0.39, 0.29) is 15.0 Å². The summed E-state index contributed by atoms with van der Waals surface area (Å²) in [5.74, 6) is -1.97. The first-order chi connectivity index (χ1) is 8.62. The largest absolute Gasteiger partial charge is 0.480 e. The number of carboxylic acids is 1. The van der Waals surface area contributed by atoms with Crippen LogP contribution < -0.4 is 5.32 Å². The van der Waals surface area contributed by atoms with E-state index in [9.17, 15) is 18.0 Å². The van der Waals surface area contributed by atoms with Crippen LogP contribution >= 0.6 is 11.3 Å². The van der Waals surface area contributed by atoms with Crippen LogP contribution in [0.15, 0.2) is 16.3 Å². The van der Waals surface area contributed by atoms with Gasteiger partial charge in [-0.25, -0.2) is 13.2 Å². The van der Waals surface area contributed by atoms with E-state index >= 15 is 0 Å². The van der Waals surface area contributed by atoms with E-state index in [1.807, 2.05) is 0 Å². The molecule has 1 amide bonds. The SMILES string of the molecule is CC(C)C(NC(=O)c1ccc(S(C)(=O)=O)s1)C(=O)O. The maximum Gasteiger partial charge on any atom is 0.326 e. The van der Waals surface area contributed by atoms with Crippen LogP contribution in [0, 0.1) is 5.92 Å². The molecule has 0 aliphatic heterocycles. The van der Waals surface area contributed by atoms with E-state index in [0.29, 0.717) is 0 Å². The van der Waals surface area contributed by atoms with E-state index in [4.69, 9.17) is 5.11 Å². The first-order valence-electron chi connectivity index (χ1n) is 5.46. The summed E-state index contributed by atoms with van der Waals surface area (Å²) < 4.78 is 22.7. The normalized spacial score (nSPS) is 13.3. The molecule has 0 aliphatic rings. The Morgan fingerprint density at radius 2 is 1.89 bits per heavy atom. The lowest BCUT2D eigenvalue weighted by atomic mass is 10.0. The fraction of sp³-hybridized carbons (Fsp3) is 0.455. The smallest absolute Gasteiger partial charge is 0.326 e. The molecule has 1 aromatic heterocycles. The summed E-state index contributed by atoms with van der Waals surface area (Å²) in [4.78, 5) is 23.0. The van der Waals surface area contributed by atoms with E-state index in [1.165, 1.54) is 12.1 Å². The minimum Gasteiger partial charge on any atom is -0.480 e. The van der Waals surface area contributed by atoms with Crippen molar-refractivity contribution in [1.29, 1.82) is 0 Å². The van der Waals surface area contributed by atoms with Crippen molar-refractivity contribution < 1.29 is 23.1 Å². The van der Waals surface area contributed by atoms with Crippen molar-refractivity contribution in [3.8, 4) is 0 Å². The molecule has 0 radical (unpaired) electrons. The molecule has 1 unspecified atom stereocenters. The maximum absolute atomic E-state index is 11.8. The molecule has 0 bridgehead atoms. The Bertz CT molecular complexity index is 588. The molecular formula is C11H15NO5S2. The van der Waals surface area contributed by atoms with Crippen LogP contribution in [0.2, 0.25) is 0 Å². The van der Waals surface area contributed by atoms with Crippen LogP contribution in [0.25, 0.3) is 0 Å². The monoisotopic (exact) mass is 305 g/mol. The summed E-state index contributed by atoms with van der Waals surface area (Å²) in [5.41, 5.74) is 0. The number of carbonyl (C=O) groups is 2. The molecule has 6 nitrogen and oxygen atoms in total. The molecular weight excluding hydrogens is 290 g/mol. The van der Waals surface area contributed by atoms with E-state index in [0.717, 1.165) is 17.6 Å². The van der Waals surface area contributed by atoms with Crippen LogP contribution in [0.4, 0.5) is 0 Å². The number of nitrogens with one attached hydrogen (secondary N) is 1. The Morgan fingerprint density at radius 3 is 2.26 bits per heavy atom. The topological polar surface area (TPSA) is 101 Å². The lowest BCUT2D eigenvalue weighted by molar-refractivity contribution is -0.140. The molecule has 0 saturated heterocycles. The summed E-state index contributed by atoms with van der Waals surface area (Å²) in [6, 6.07) is 1.70. The van der Waals surface area contributed by atoms with Gasteiger partial charge in [-0.15, -0.1) is 11.3 Å². The van der Waals surface area contributed by atoms with Gasteiger partial charge in [-0.3, -0.25) is 4.79 Å². The summed E-state index contributed by atoms with van der Waals surface area (Å²) in [5, 5.41) is 11.3. The van der Waals surface area contributed by atoms with Crippen LogP contribution in [0.5, 0.6) is 0 Å². The van der Waals surface area contributed by atoms with Gasteiger partial charge in [0.1, 0.15) is 10.3 Å². The van der Waals surface area contributed by atoms with Crippen molar-refractivity contribution in [2.45, 2.75) is 24.1 Å². The number of rotatable bonds is 5. The van der Waals surface area contributed by atoms with Gasteiger partial charge in [0, 0.05) is 6.26 Å². The Morgan fingerprint density at radius 1 is 1.32 bits per heavy atom. The zero-order valence-electron chi connectivity index (χ0n) is 10.7. The minimum atomic E-state index is -3.35. The Labute approximate surface area is 115 Å². The number of carboxylic acid groups (broad SMARTS) is 1. The van der Waals surface area contributed by atoms with Crippen LogP contribution in [0.1, 0.15) is 23.5 Å². The average molecular weight is 305 g/mol. The molecule has 19 heavy (non-hydrogen) atoms. The highest BCUT2D eigenvalue weighted by Crippen LogP contribution is 2.21. The number of thiophene rings is 1. The summed E-state index contributed by atoms with van der Waals surface area (Å²) in [6.45, 7) is 3.35. The number of hydrogen-bond acceptors (Lipinski definition) is 5. The first kappa shape index (κ1) is 15.6. The predicted octanol–water partition coefficient (Wildman–Crippen LogP) is 0.991. The van der Waals surface area contributed by atoms with Crippen molar-refractivity contribution in [1.82, 2.24) is 5.32 Å². The molecule has 1 aromatic rings. The molecule has 1 rings (SSSR count). The summed E-state index contributed by atoms with van der Waals surface area (Å²) in [7, 11) is -3.35. The molecule has 8 heteroatoms. The van der Waals surface area contributed by atoms with Crippen molar-refractivity contribution in [2.75, 3.05) is 6.26 Å². The molecule has 0 fully saturated rings. The average Bonchev–Trinajstić information content (AvgIpc) is 2.73. The third kappa shape index (κ3) is 4.03. The quantitative estimate of drug-likeness (QED) is 0.845. The fourth-order valence-electron chi connectivity index (χ4n) is 1.37. The lowest BCUT2D eigenvalue weighted by Crippen LogP contribution is -2.44. The van der Waals surface area contributed by atoms with Gasteiger partial charge in [0.2, 0.25) is 0 Å². The van der Waals surface area contributed by atoms with Gasteiger partial charge in [0.25, 0.3) is 5.91 Å². The van der Waals surface area contributed by atoms with Gasteiger partial charge in [-0.1, -0.05) is 13.8 Å². The van der Waals surface area contributed by atoms with Crippen LogP contribution in [-0.2, 0) is 14.6 Å². The highest BCUT2D eigenvalue weighted by atomic mass is 32.2. The first-order valence-corrected chi connectivity index (χ1v) is 8.17. The third-order valence-corrected chi connectivity index (χ3v) is 5.29. The second-order valence-electron chi connectivity index (χ2n) is 4.42. The van der Waals surface area contributed by atoms with Crippen molar-refractivity contribution in [3.05, 3.63) is 17.0 Å². The maximum atomic E-state index is 11.8. The van der Waals surface area contributed by atoms with E-state index in [2.05, 4.69) is 5.32 Å². The summed E-state index contributed by atoms with van der Waals surface area (Å²) >= 11 is 0.820. The van der Waals surface area contributed by atoms with Gasteiger partial charge in [-0.2, -0.15) is 0 Å². The van der Waals surface area contributed by atoms with Gasteiger partial charge >= 0.3 is 5.97 Å². The van der Waals surface area contributed by atoms with Gasteiger partial charge in [0.05, 0.1) is 4.88 Å². The van der Waals surface area contributed by atoms with E-state index in [1.54, 1.807) is 13.8 Å². The molecule has 0 spiro atoms. The Balaban J connectivity index is 2.90. The van der Waals surface area contributed by atoms with Crippen LogP contribution in [0.3, 0.4) is 0 Å². The highest BCUT2D eigenvalue weighted by Gasteiger charge is 2.25. The lowest BCUT2D eigenvalue weighted by Gasteiger charge is -2.17. The molecule has 106 valence electrons. The highest BCUT2D eigenvalue weighted by molar-refractivity contribution is 7.92. The molecule has 0 aromatic carbocycles. The zero-order chi connectivity index (χ0) is 14.8. The number of aliphatic carboxylic acids is 1. The Kier molecular flexibility index (Phi) is 4.70. The number of amides is 1. The second-order valence-corrected chi connectivity index (χ2v) is 7.75. The minimum absolute atomic E-state index is 0.0778. The molecule has 0 aliphatic carbocycles. The standard InChI is InChI=1S/C11H15NO5S2/c1-6(2)9(11(14)15)12-10(13)7-4-5-8(18-7)19(3,16)17/h4-6,9H,1-3H3,(H,12,13)(H,14,15). The fourth-order valence-corrected chi connectivity index (χ4v) is 3.20. The summed E-state index contributed by atoms with van der Waals surface area (Å²) in [6.07, 6.45) is 1.05. The van der Waals surface area contributed by atoms with Gasteiger partial charge < -0.3 is 10.4 Å². The number of hydrogen-bond donors (Lipinski definition) is 2. The van der Waals surface area contributed by atoms with Crippen molar-refractivity contribution in [2.24, 2.45) is 5.92 Å². The number of carbonyl (C=O) groups excluding carboxylic acids is 1. The van der Waals surface area contributed by atoms with Gasteiger partial charge in [0.15, 0.2) is 9.84 Å². The van der Waals surface area contributed by atoms with Crippen molar-refractivity contribution >= 4 is 33.1 Å². The molecule has 1 heterocycles. The molecule has 1 atom stereocenters. The Hall–Kier alpha value is -1.41.